The van der Waals surface area contributed by atoms with E-state index in [-0.39, 0.29) is 0 Å². The maximum absolute atomic E-state index is 4.38. The van der Waals surface area contributed by atoms with E-state index in [1.165, 1.54) is 12.8 Å². The molecule has 0 fully saturated rings. The van der Waals surface area contributed by atoms with Crippen LogP contribution in [0.15, 0.2) is 6.07 Å². The van der Waals surface area contributed by atoms with Crippen molar-refractivity contribution in [2.75, 3.05) is 29.5 Å². The highest BCUT2D eigenvalue weighted by atomic mass is 32.1. The lowest BCUT2D eigenvalue weighted by Crippen LogP contribution is -2.09. The Morgan fingerprint density at radius 3 is 2.33 bits per heavy atom. The van der Waals surface area contributed by atoms with Crippen LogP contribution in [0.3, 0.4) is 0 Å². The molecular formula is C13H24N4S. The Bertz CT molecular complexity index is 355. The molecule has 0 aliphatic carbocycles. The van der Waals surface area contributed by atoms with Crippen LogP contribution in [0.1, 0.15) is 32.5 Å². The SMILES string of the molecule is Cc1nc(NCCS)cc(NCCCC(C)C)n1. The van der Waals surface area contributed by atoms with Crippen molar-refractivity contribution in [1.82, 2.24) is 9.97 Å². The second kappa shape index (κ2) is 8.19. The van der Waals surface area contributed by atoms with Gasteiger partial charge in [-0.15, -0.1) is 0 Å². The highest BCUT2D eigenvalue weighted by Gasteiger charge is 2.01. The summed E-state index contributed by atoms with van der Waals surface area (Å²) >= 11 is 4.17. The van der Waals surface area contributed by atoms with Gasteiger partial charge < -0.3 is 10.6 Å². The number of nitrogens with zero attached hydrogens (tertiary/aromatic N) is 2. The van der Waals surface area contributed by atoms with Crippen molar-refractivity contribution in [3.8, 4) is 0 Å². The van der Waals surface area contributed by atoms with E-state index in [9.17, 15) is 0 Å². The lowest BCUT2D eigenvalue weighted by atomic mass is 10.1. The van der Waals surface area contributed by atoms with E-state index in [2.05, 4.69) is 47.1 Å². The zero-order valence-electron chi connectivity index (χ0n) is 11.5. The maximum Gasteiger partial charge on any atom is 0.131 e. The van der Waals surface area contributed by atoms with E-state index in [1.807, 2.05) is 13.0 Å². The van der Waals surface area contributed by atoms with Gasteiger partial charge in [0.05, 0.1) is 0 Å². The fourth-order valence-corrected chi connectivity index (χ4v) is 1.77. The van der Waals surface area contributed by atoms with Gasteiger partial charge in [-0.1, -0.05) is 13.8 Å². The number of hydrogen-bond donors (Lipinski definition) is 3. The highest BCUT2D eigenvalue weighted by Crippen LogP contribution is 2.11. The van der Waals surface area contributed by atoms with Gasteiger partial charge in [-0.3, -0.25) is 0 Å². The van der Waals surface area contributed by atoms with Gasteiger partial charge in [-0.05, 0) is 25.7 Å². The van der Waals surface area contributed by atoms with E-state index >= 15 is 0 Å². The van der Waals surface area contributed by atoms with Gasteiger partial charge in [-0.25, -0.2) is 9.97 Å². The molecule has 0 aromatic carbocycles. The van der Waals surface area contributed by atoms with Crippen molar-refractivity contribution in [1.29, 1.82) is 0 Å². The number of aryl methyl sites for hydroxylation is 1. The number of anilines is 2. The van der Waals surface area contributed by atoms with E-state index in [0.717, 1.165) is 42.2 Å². The Balaban J connectivity index is 2.46. The summed E-state index contributed by atoms with van der Waals surface area (Å²) in [7, 11) is 0. The lowest BCUT2D eigenvalue weighted by Gasteiger charge is -2.10. The fraction of sp³-hybridized carbons (Fsp3) is 0.692. The predicted octanol–water partition coefficient (Wildman–Crippen LogP) is 2.97. The first-order chi connectivity index (χ1) is 8.61. The van der Waals surface area contributed by atoms with Gasteiger partial charge >= 0.3 is 0 Å². The van der Waals surface area contributed by atoms with Crippen molar-refractivity contribution in [2.24, 2.45) is 5.92 Å². The summed E-state index contributed by atoms with van der Waals surface area (Å²) in [5, 5.41) is 6.56. The van der Waals surface area contributed by atoms with Gasteiger partial charge in [0.1, 0.15) is 17.5 Å². The highest BCUT2D eigenvalue weighted by molar-refractivity contribution is 7.80. The Morgan fingerprint density at radius 2 is 1.78 bits per heavy atom. The zero-order valence-corrected chi connectivity index (χ0v) is 12.4. The van der Waals surface area contributed by atoms with Gasteiger partial charge in [0.25, 0.3) is 0 Å². The van der Waals surface area contributed by atoms with Gasteiger partial charge in [0.15, 0.2) is 0 Å². The third-order valence-electron chi connectivity index (χ3n) is 2.52. The summed E-state index contributed by atoms with van der Waals surface area (Å²) in [6.45, 7) is 8.17. The first kappa shape index (κ1) is 15.1. The van der Waals surface area contributed by atoms with Crippen molar-refractivity contribution in [2.45, 2.75) is 33.6 Å². The second-order valence-corrected chi connectivity index (χ2v) is 5.25. The summed E-state index contributed by atoms with van der Waals surface area (Å²) in [6, 6.07) is 1.95. The summed E-state index contributed by atoms with van der Waals surface area (Å²) in [4.78, 5) is 8.71. The average Bonchev–Trinajstić information content (AvgIpc) is 2.31. The lowest BCUT2D eigenvalue weighted by molar-refractivity contribution is 0.566. The van der Waals surface area contributed by atoms with Crippen LogP contribution in [0, 0.1) is 12.8 Å². The number of hydrogen-bond acceptors (Lipinski definition) is 5. The molecule has 1 aromatic rings. The van der Waals surface area contributed by atoms with Crippen molar-refractivity contribution >= 4 is 24.3 Å². The Kier molecular flexibility index (Phi) is 6.86. The minimum atomic E-state index is 0.756. The molecular weight excluding hydrogens is 244 g/mol. The molecule has 0 amide bonds. The van der Waals surface area contributed by atoms with Gasteiger partial charge in [0, 0.05) is 24.9 Å². The van der Waals surface area contributed by atoms with E-state index < -0.39 is 0 Å². The van der Waals surface area contributed by atoms with Crippen molar-refractivity contribution < 1.29 is 0 Å². The third-order valence-corrected chi connectivity index (χ3v) is 2.74. The summed E-state index contributed by atoms with van der Waals surface area (Å²) in [5.74, 6) is 4.09. The average molecular weight is 268 g/mol. The monoisotopic (exact) mass is 268 g/mol. The Labute approximate surface area is 115 Å². The molecule has 0 unspecified atom stereocenters. The topological polar surface area (TPSA) is 49.8 Å². The standard InChI is InChI=1S/C13H24N4S/c1-10(2)5-4-6-14-12-9-13(15-7-8-18)17-11(3)16-12/h9-10,18H,4-8H2,1-3H3,(H2,14,15,16,17). The van der Waals surface area contributed by atoms with Crippen LogP contribution in [0.2, 0.25) is 0 Å². The van der Waals surface area contributed by atoms with Crippen LogP contribution in [0.25, 0.3) is 0 Å². The van der Waals surface area contributed by atoms with Crippen LogP contribution >= 0.6 is 12.6 Å². The van der Waals surface area contributed by atoms with Gasteiger partial charge in [-0.2, -0.15) is 12.6 Å². The number of thiol groups is 1. The molecule has 0 aliphatic heterocycles. The molecule has 2 N–H and O–H groups in total. The van der Waals surface area contributed by atoms with Crippen LogP contribution in [-0.4, -0.2) is 28.8 Å². The molecule has 0 saturated heterocycles. The molecule has 1 rings (SSSR count). The summed E-state index contributed by atoms with van der Waals surface area (Å²) in [6.07, 6.45) is 2.40. The maximum atomic E-state index is 4.38. The minimum absolute atomic E-state index is 0.756. The smallest absolute Gasteiger partial charge is 0.131 e. The van der Waals surface area contributed by atoms with Crippen LogP contribution in [-0.2, 0) is 0 Å². The molecule has 0 radical (unpaired) electrons. The molecule has 4 nitrogen and oxygen atoms in total. The van der Waals surface area contributed by atoms with Crippen molar-refractivity contribution in [3.05, 3.63) is 11.9 Å². The molecule has 0 bridgehead atoms. The molecule has 5 heteroatoms. The van der Waals surface area contributed by atoms with E-state index in [0.29, 0.717) is 0 Å². The first-order valence-corrected chi connectivity index (χ1v) is 7.19. The fourth-order valence-electron chi connectivity index (χ4n) is 1.66. The van der Waals surface area contributed by atoms with Crippen LogP contribution < -0.4 is 10.6 Å². The predicted molar refractivity (Wildman–Crippen MR) is 81.7 cm³/mol. The zero-order chi connectivity index (χ0) is 13.4. The Hall–Kier alpha value is -0.970. The quantitative estimate of drug-likeness (QED) is 0.501. The first-order valence-electron chi connectivity index (χ1n) is 6.56. The second-order valence-electron chi connectivity index (χ2n) is 4.80. The molecule has 18 heavy (non-hydrogen) atoms. The van der Waals surface area contributed by atoms with E-state index in [1.54, 1.807) is 0 Å². The number of nitrogens with one attached hydrogen (secondary N) is 2. The van der Waals surface area contributed by atoms with Gasteiger partial charge in [0.2, 0.25) is 0 Å². The molecule has 1 heterocycles. The third kappa shape index (κ3) is 6.10. The molecule has 0 atom stereocenters. The molecule has 0 saturated carbocycles. The van der Waals surface area contributed by atoms with Crippen LogP contribution in [0.4, 0.5) is 11.6 Å². The van der Waals surface area contributed by atoms with Crippen LogP contribution in [0.5, 0.6) is 0 Å². The van der Waals surface area contributed by atoms with E-state index in [4.69, 9.17) is 0 Å². The summed E-state index contributed by atoms with van der Waals surface area (Å²) < 4.78 is 0. The molecule has 1 aromatic heterocycles. The summed E-state index contributed by atoms with van der Waals surface area (Å²) in [5.41, 5.74) is 0. The molecule has 0 spiro atoms. The molecule has 102 valence electrons. The Morgan fingerprint density at radius 1 is 1.17 bits per heavy atom. The number of aromatic nitrogens is 2. The van der Waals surface area contributed by atoms with Crippen molar-refractivity contribution in [3.63, 3.8) is 0 Å². The molecule has 0 aliphatic rings. The normalized spacial score (nSPS) is 10.7. The minimum Gasteiger partial charge on any atom is -0.370 e. The largest absolute Gasteiger partial charge is 0.370 e. The number of rotatable bonds is 8.